The third kappa shape index (κ3) is 3.54. The lowest BCUT2D eigenvalue weighted by atomic mass is 10.1. The molecule has 0 bridgehead atoms. The van der Waals surface area contributed by atoms with E-state index in [1.165, 1.54) is 5.57 Å². The first-order valence-electron chi connectivity index (χ1n) is 5.38. The summed E-state index contributed by atoms with van der Waals surface area (Å²) in [5.74, 6) is 0.918. The van der Waals surface area contributed by atoms with Crippen molar-refractivity contribution in [2.75, 3.05) is 6.61 Å². The molecule has 0 aliphatic rings. The molecule has 0 aromatic heterocycles. The van der Waals surface area contributed by atoms with Crippen molar-refractivity contribution >= 4 is 5.78 Å². The largest absolute Gasteiger partial charge is 0.489 e. The second kappa shape index (κ2) is 5.50. The van der Waals surface area contributed by atoms with Crippen molar-refractivity contribution < 1.29 is 9.53 Å². The summed E-state index contributed by atoms with van der Waals surface area (Å²) in [6.07, 6.45) is 2.03. The second-order valence-electron chi connectivity index (χ2n) is 4.13. The summed E-state index contributed by atoms with van der Waals surface area (Å²) in [5.41, 5.74) is 2.96. The quantitative estimate of drug-likeness (QED) is 0.570. The maximum absolute atomic E-state index is 11.2. The first kappa shape index (κ1) is 12.5. The standard InChI is InChI=1S/C14H18O2/c1-10(2)7-8-16-14-6-5-13(12(4)15)9-11(14)3/h5-7,9H,8H2,1-4H3. The van der Waals surface area contributed by atoms with Crippen LogP contribution in [0.3, 0.4) is 0 Å². The molecule has 0 atom stereocenters. The van der Waals surface area contributed by atoms with E-state index in [4.69, 9.17) is 4.74 Å². The van der Waals surface area contributed by atoms with Crippen LogP contribution in [0.15, 0.2) is 29.8 Å². The Bertz CT molecular complexity index is 413. The lowest BCUT2D eigenvalue weighted by Crippen LogP contribution is -1.98. The highest BCUT2D eigenvalue weighted by Gasteiger charge is 2.03. The number of aryl methyl sites for hydroxylation is 1. The minimum absolute atomic E-state index is 0.0824. The first-order valence-corrected chi connectivity index (χ1v) is 5.38. The molecule has 2 heteroatoms. The molecule has 0 fully saturated rings. The lowest BCUT2D eigenvalue weighted by molar-refractivity contribution is 0.101. The molecule has 0 radical (unpaired) electrons. The molecule has 0 saturated carbocycles. The molecule has 1 aromatic carbocycles. The Balaban J connectivity index is 2.75. The van der Waals surface area contributed by atoms with Gasteiger partial charge in [-0.3, -0.25) is 4.79 Å². The number of ketones is 1. The Morgan fingerprint density at radius 1 is 1.31 bits per heavy atom. The average molecular weight is 218 g/mol. The minimum atomic E-state index is 0.0824. The molecule has 16 heavy (non-hydrogen) atoms. The predicted molar refractivity (Wildman–Crippen MR) is 66.1 cm³/mol. The van der Waals surface area contributed by atoms with Crippen molar-refractivity contribution in [1.82, 2.24) is 0 Å². The number of rotatable bonds is 4. The average Bonchev–Trinajstić information content (AvgIpc) is 2.19. The number of Topliss-reactive ketones (excluding diaryl/α,β-unsaturated/α-hetero) is 1. The van der Waals surface area contributed by atoms with Gasteiger partial charge < -0.3 is 4.74 Å². The van der Waals surface area contributed by atoms with Gasteiger partial charge >= 0.3 is 0 Å². The van der Waals surface area contributed by atoms with E-state index in [0.717, 1.165) is 16.9 Å². The van der Waals surface area contributed by atoms with Crippen LogP contribution in [0.2, 0.25) is 0 Å². The van der Waals surface area contributed by atoms with Gasteiger partial charge in [0.05, 0.1) is 0 Å². The number of allylic oxidation sites excluding steroid dienone is 1. The summed E-state index contributed by atoms with van der Waals surface area (Å²) < 4.78 is 5.59. The zero-order valence-electron chi connectivity index (χ0n) is 10.3. The maximum Gasteiger partial charge on any atom is 0.159 e. The molecule has 0 spiro atoms. The topological polar surface area (TPSA) is 26.3 Å². The van der Waals surface area contributed by atoms with Gasteiger partial charge in [-0.2, -0.15) is 0 Å². The molecule has 0 unspecified atom stereocenters. The van der Waals surface area contributed by atoms with Crippen LogP contribution in [0.5, 0.6) is 5.75 Å². The normalized spacial score (nSPS) is 9.75. The third-order valence-corrected chi connectivity index (χ3v) is 2.31. The van der Waals surface area contributed by atoms with Crippen LogP contribution < -0.4 is 4.74 Å². The van der Waals surface area contributed by atoms with Crippen LogP contribution >= 0.6 is 0 Å². The number of hydrogen-bond donors (Lipinski definition) is 0. The predicted octanol–water partition coefficient (Wildman–Crippen LogP) is 3.54. The molecule has 0 aliphatic heterocycles. The van der Waals surface area contributed by atoms with E-state index >= 15 is 0 Å². The van der Waals surface area contributed by atoms with E-state index in [-0.39, 0.29) is 5.78 Å². The molecule has 2 nitrogen and oxygen atoms in total. The SMILES string of the molecule is CC(=O)c1ccc(OCC=C(C)C)c(C)c1. The molecule has 1 aromatic rings. The van der Waals surface area contributed by atoms with Crippen molar-refractivity contribution in [1.29, 1.82) is 0 Å². The summed E-state index contributed by atoms with van der Waals surface area (Å²) in [5, 5.41) is 0. The minimum Gasteiger partial charge on any atom is -0.489 e. The van der Waals surface area contributed by atoms with E-state index in [1.54, 1.807) is 13.0 Å². The van der Waals surface area contributed by atoms with E-state index < -0.39 is 0 Å². The van der Waals surface area contributed by atoms with Crippen molar-refractivity contribution in [2.24, 2.45) is 0 Å². The molecule has 86 valence electrons. The number of carbonyl (C=O) groups is 1. The second-order valence-corrected chi connectivity index (χ2v) is 4.13. The van der Waals surface area contributed by atoms with E-state index in [9.17, 15) is 4.79 Å². The molecule has 0 aliphatic carbocycles. The molecule has 1 rings (SSSR count). The Kier molecular flexibility index (Phi) is 4.29. The Morgan fingerprint density at radius 2 is 2.00 bits per heavy atom. The van der Waals surface area contributed by atoms with Gasteiger partial charge in [-0.1, -0.05) is 5.57 Å². The summed E-state index contributed by atoms with van der Waals surface area (Å²) in [6, 6.07) is 5.51. The zero-order chi connectivity index (χ0) is 12.1. The number of benzene rings is 1. The van der Waals surface area contributed by atoms with Gasteiger partial charge in [-0.25, -0.2) is 0 Å². The fourth-order valence-electron chi connectivity index (χ4n) is 1.33. The lowest BCUT2D eigenvalue weighted by Gasteiger charge is -2.08. The van der Waals surface area contributed by atoms with Gasteiger partial charge in [-0.05, 0) is 57.5 Å². The van der Waals surface area contributed by atoms with Crippen LogP contribution in [-0.2, 0) is 0 Å². The van der Waals surface area contributed by atoms with Gasteiger partial charge in [0.1, 0.15) is 12.4 Å². The Labute approximate surface area is 96.9 Å². The van der Waals surface area contributed by atoms with Crippen molar-refractivity contribution in [3.63, 3.8) is 0 Å². The van der Waals surface area contributed by atoms with Crippen molar-refractivity contribution in [3.05, 3.63) is 41.0 Å². The highest BCUT2D eigenvalue weighted by molar-refractivity contribution is 5.94. The van der Waals surface area contributed by atoms with Gasteiger partial charge in [-0.15, -0.1) is 0 Å². The Morgan fingerprint density at radius 3 is 2.50 bits per heavy atom. The van der Waals surface area contributed by atoms with Gasteiger partial charge in [0.25, 0.3) is 0 Å². The molecule has 0 N–H and O–H groups in total. The monoisotopic (exact) mass is 218 g/mol. The zero-order valence-corrected chi connectivity index (χ0v) is 10.3. The highest BCUT2D eigenvalue weighted by atomic mass is 16.5. The Hall–Kier alpha value is -1.57. The van der Waals surface area contributed by atoms with E-state index in [0.29, 0.717) is 6.61 Å². The third-order valence-electron chi connectivity index (χ3n) is 2.31. The fraction of sp³-hybridized carbons (Fsp3) is 0.357. The molecular formula is C14H18O2. The summed E-state index contributed by atoms with van der Waals surface area (Å²) >= 11 is 0. The van der Waals surface area contributed by atoms with Crippen LogP contribution in [-0.4, -0.2) is 12.4 Å². The van der Waals surface area contributed by atoms with Crippen molar-refractivity contribution in [2.45, 2.75) is 27.7 Å². The van der Waals surface area contributed by atoms with Crippen molar-refractivity contribution in [3.8, 4) is 5.75 Å². The molecule has 0 amide bonds. The number of hydrogen-bond acceptors (Lipinski definition) is 2. The van der Waals surface area contributed by atoms with Crippen LogP contribution in [0.1, 0.15) is 36.7 Å². The first-order chi connectivity index (χ1) is 7.50. The van der Waals surface area contributed by atoms with Gasteiger partial charge in [0.15, 0.2) is 5.78 Å². The number of carbonyl (C=O) groups excluding carboxylic acids is 1. The summed E-state index contributed by atoms with van der Waals surface area (Å²) in [6.45, 7) is 8.16. The number of ether oxygens (including phenoxy) is 1. The summed E-state index contributed by atoms with van der Waals surface area (Å²) in [7, 11) is 0. The van der Waals surface area contributed by atoms with E-state index in [2.05, 4.69) is 0 Å². The van der Waals surface area contributed by atoms with Crippen LogP contribution in [0.25, 0.3) is 0 Å². The van der Waals surface area contributed by atoms with Gasteiger partial charge in [0.2, 0.25) is 0 Å². The highest BCUT2D eigenvalue weighted by Crippen LogP contribution is 2.19. The van der Waals surface area contributed by atoms with E-state index in [1.807, 2.05) is 39.0 Å². The molecular weight excluding hydrogens is 200 g/mol. The maximum atomic E-state index is 11.2. The molecule has 0 heterocycles. The van der Waals surface area contributed by atoms with Crippen LogP contribution in [0, 0.1) is 6.92 Å². The summed E-state index contributed by atoms with van der Waals surface area (Å²) in [4.78, 5) is 11.2. The molecule has 0 saturated heterocycles. The fourth-order valence-corrected chi connectivity index (χ4v) is 1.33. The smallest absolute Gasteiger partial charge is 0.159 e. The van der Waals surface area contributed by atoms with Gasteiger partial charge in [0, 0.05) is 5.56 Å². The van der Waals surface area contributed by atoms with Crippen LogP contribution in [0.4, 0.5) is 0 Å².